The van der Waals surface area contributed by atoms with Crippen molar-refractivity contribution in [3.05, 3.63) is 0 Å². The van der Waals surface area contributed by atoms with E-state index in [1.165, 1.54) is 0 Å². The Morgan fingerprint density at radius 3 is 1.50 bits per heavy atom. The van der Waals surface area contributed by atoms with E-state index in [4.69, 9.17) is 14.8 Å². The molecule has 0 bridgehead atoms. The molecule has 0 amide bonds. The van der Waals surface area contributed by atoms with Crippen LogP contribution in [0.25, 0.3) is 0 Å². The molecular formula is CH4ClOZn. The zero-order valence-corrected chi connectivity index (χ0v) is 6.26. The second kappa shape index (κ2) is 41.9. The third-order valence-electron chi connectivity index (χ3n) is 0. The molecule has 1 nitrogen and oxygen atoms in total. The molecule has 0 unspecified atom stereocenters. The van der Waals surface area contributed by atoms with Crippen LogP contribution in [0.5, 0.6) is 0 Å². The summed E-state index contributed by atoms with van der Waals surface area (Å²) in [5, 5.41) is 7.00. The molecule has 0 spiro atoms. The summed E-state index contributed by atoms with van der Waals surface area (Å²) in [6.45, 7) is 0. The standard InChI is InChI=1S/CH4O.ClH.Zn/c1-2;;/h2H,1H3;1H;/q;;+1/p-1. The summed E-state index contributed by atoms with van der Waals surface area (Å²) in [6, 6.07) is 0. The Hall–Kier alpha value is 0.873. The molecule has 0 aromatic carbocycles. The van der Waals surface area contributed by atoms with Crippen molar-refractivity contribution in [1.29, 1.82) is 0 Å². The number of hydrogen-bond donors (Lipinski definition) is 1. The molecule has 0 aromatic heterocycles. The monoisotopic (exact) mass is 131 g/mol. The summed E-state index contributed by atoms with van der Waals surface area (Å²) in [5.74, 6) is 0. The molecule has 0 fully saturated rings. The van der Waals surface area contributed by atoms with E-state index in [9.17, 15) is 0 Å². The molecular weight excluding hydrogens is 129 g/mol. The fraction of sp³-hybridized carbons (Fsp3) is 1.00. The second-order valence-corrected chi connectivity index (χ2v) is 0. The predicted octanol–water partition coefficient (Wildman–Crippen LogP) is 0.295. The summed E-state index contributed by atoms with van der Waals surface area (Å²) in [6.07, 6.45) is 0. The van der Waals surface area contributed by atoms with E-state index in [-0.39, 0.29) is 0 Å². The average molecular weight is 133 g/mol. The maximum atomic E-state index is 7.00. The van der Waals surface area contributed by atoms with Crippen LogP contribution in [-0.2, 0) is 17.3 Å². The molecule has 0 atom stereocenters. The van der Waals surface area contributed by atoms with E-state index in [2.05, 4.69) is 0 Å². The van der Waals surface area contributed by atoms with Gasteiger partial charge in [0.25, 0.3) is 0 Å². The van der Waals surface area contributed by atoms with Gasteiger partial charge in [0.15, 0.2) is 0 Å². The van der Waals surface area contributed by atoms with Crippen LogP contribution in [0.4, 0.5) is 0 Å². The zero-order valence-electron chi connectivity index (χ0n) is 2.53. The van der Waals surface area contributed by atoms with Crippen LogP contribution in [0, 0.1) is 0 Å². The van der Waals surface area contributed by atoms with Gasteiger partial charge in [-0.25, -0.2) is 0 Å². The van der Waals surface area contributed by atoms with Crippen LogP contribution in [0.3, 0.4) is 0 Å². The van der Waals surface area contributed by atoms with Crippen LogP contribution < -0.4 is 0 Å². The van der Waals surface area contributed by atoms with Crippen LogP contribution in [0.2, 0.25) is 0 Å². The number of hydrogen-bond acceptors (Lipinski definition) is 1. The Balaban J connectivity index is 0. The second-order valence-electron chi connectivity index (χ2n) is 0. The fourth-order valence-corrected chi connectivity index (χ4v) is 0. The third-order valence-corrected chi connectivity index (χ3v) is 0. The van der Waals surface area contributed by atoms with E-state index in [0.29, 0.717) is 0 Å². The number of aliphatic hydroxyl groups excluding tert-OH is 1. The van der Waals surface area contributed by atoms with Crippen molar-refractivity contribution < 1.29 is 22.4 Å². The van der Waals surface area contributed by atoms with Crippen LogP contribution in [-0.4, -0.2) is 12.2 Å². The molecule has 0 aliphatic rings. The molecule has 0 aliphatic carbocycles. The first-order chi connectivity index (χ1) is 2.00. The van der Waals surface area contributed by atoms with Crippen molar-refractivity contribution in [2.24, 2.45) is 0 Å². The molecule has 0 rings (SSSR count). The summed E-state index contributed by atoms with van der Waals surface area (Å²) in [4.78, 5) is 0. The summed E-state index contributed by atoms with van der Waals surface area (Å²) >= 11 is 0.847. The zero-order chi connectivity index (χ0) is 4.00. The number of rotatable bonds is 0. The van der Waals surface area contributed by atoms with Crippen LogP contribution in [0.1, 0.15) is 0 Å². The Kier molecular flexibility index (Phi) is 92.8. The number of aliphatic hydroxyl groups is 1. The normalized spacial score (nSPS) is 3.25. The fourth-order valence-electron chi connectivity index (χ4n) is 0. The molecule has 4 heavy (non-hydrogen) atoms. The van der Waals surface area contributed by atoms with Gasteiger partial charge in [0.1, 0.15) is 0 Å². The van der Waals surface area contributed by atoms with E-state index in [1.807, 2.05) is 0 Å². The minimum atomic E-state index is 0.847. The van der Waals surface area contributed by atoms with Gasteiger partial charge in [-0.1, -0.05) is 0 Å². The van der Waals surface area contributed by atoms with Gasteiger partial charge in [-0.15, -0.1) is 0 Å². The van der Waals surface area contributed by atoms with Crippen molar-refractivity contribution in [1.82, 2.24) is 0 Å². The van der Waals surface area contributed by atoms with Gasteiger partial charge in [0, 0.05) is 7.11 Å². The van der Waals surface area contributed by atoms with Crippen LogP contribution in [0.15, 0.2) is 0 Å². The van der Waals surface area contributed by atoms with Crippen LogP contribution >= 0.6 is 9.69 Å². The van der Waals surface area contributed by atoms with Crippen molar-refractivity contribution in [3.8, 4) is 0 Å². The van der Waals surface area contributed by atoms with E-state index in [0.717, 1.165) is 24.4 Å². The van der Waals surface area contributed by atoms with Gasteiger partial charge in [0.05, 0.1) is 0 Å². The Morgan fingerprint density at radius 2 is 1.50 bits per heavy atom. The molecule has 0 saturated carbocycles. The van der Waals surface area contributed by atoms with E-state index >= 15 is 0 Å². The van der Waals surface area contributed by atoms with Gasteiger partial charge >= 0.3 is 27.0 Å². The predicted molar refractivity (Wildman–Crippen MR) is 14.0 cm³/mol. The maximum absolute atomic E-state index is 7.00. The minimum absolute atomic E-state index is 0.847. The molecule has 1 N–H and O–H groups in total. The molecule has 0 saturated heterocycles. The molecule has 0 radical (unpaired) electrons. The van der Waals surface area contributed by atoms with Crippen molar-refractivity contribution in [3.63, 3.8) is 0 Å². The Bertz CT molecular complexity index is 8.00. The third kappa shape index (κ3) is 13.2. The molecule has 0 aromatic rings. The van der Waals surface area contributed by atoms with Crippen molar-refractivity contribution in [2.45, 2.75) is 0 Å². The molecule has 0 heterocycles. The van der Waals surface area contributed by atoms with E-state index < -0.39 is 0 Å². The van der Waals surface area contributed by atoms with Gasteiger partial charge in [-0.2, -0.15) is 0 Å². The van der Waals surface area contributed by atoms with E-state index in [1.54, 1.807) is 0 Å². The van der Waals surface area contributed by atoms with Gasteiger partial charge in [-0.05, 0) is 0 Å². The topological polar surface area (TPSA) is 20.2 Å². The van der Waals surface area contributed by atoms with Gasteiger partial charge < -0.3 is 5.11 Å². The Morgan fingerprint density at radius 1 is 1.50 bits per heavy atom. The molecule has 23 valence electrons. The average Bonchev–Trinajstić information content (AvgIpc) is 1.50. The Labute approximate surface area is 39.7 Å². The summed E-state index contributed by atoms with van der Waals surface area (Å²) in [5.41, 5.74) is 0. The SMILES string of the molecule is CO.[Cl][Zn]. The molecule has 0 aliphatic heterocycles. The quantitative estimate of drug-likeness (QED) is 0.471. The first-order valence-corrected chi connectivity index (χ1v) is 4.61. The molecule has 3 heteroatoms. The first kappa shape index (κ1) is 8.86. The first-order valence-electron chi connectivity index (χ1n) is 0.714. The van der Waals surface area contributed by atoms with Crippen molar-refractivity contribution >= 4 is 9.69 Å². The summed E-state index contributed by atoms with van der Waals surface area (Å²) < 4.78 is 0. The van der Waals surface area contributed by atoms with Crippen molar-refractivity contribution in [2.75, 3.05) is 7.11 Å². The summed E-state index contributed by atoms with van der Waals surface area (Å²) in [7, 11) is 5.76. The van der Waals surface area contributed by atoms with Gasteiger partial charge in [-0.3, -0.25) is 0 Å². The van der Waals surface area contributed by atoms with Gasteiger partial charge in [0.2, 0.25) is 0 Å². The number of halogens is 1.